The van der Waals surface area contributed by atoms with Crippen LogP contribution in [0.15, 0.2) is 29.6 Å². The van der Waals surface area contributed by atoms with Crippen LogP contribution in [0, 0.1) is 0 Å². The highest BCUT2D eigenvalue weighted by molar-refractivity contribution is 7.92. The molecule has 22 heavy (non-hydrogen) atoms. The molecule has 2 rings (SSSR count). The summed E-state index contributed by atoms with van der Waals surface area (Å²) in [5, 5.41) is 9.10. The number of nitrogens with zero attached hydrogens (tertiary/aromatic N) is 2. The van der Waals surface area contributed by atoms with Gasteiger partial charge in [0.15, 0.2) is 0 Å². The van der Waals surface area contributed by atoms with E-state index in [9.17, 15) is 13.5 Å². The summed E-state index contributed by atoms with van der Waals surface area (Å²) < 4.78 is 33.7. The molecule has 0 aliphatic carbocycles. The SMILES string of the molecule is CCOc1ccc(NS(=O)(=O)c2ncn(C)c2Cl)cc1CO. The first kappa shape index (κ1) is 16.6. The molecule has 0 aliphatic heterocycles. The van der Waals surface area contributed by atoms with Crippen LogP contribution in [-0.4, -0.2) is 29.7 Å². The second kappa shape index (κ2) is 6.55. The molecule has 0 bridgehead atoms. The Morgan fingerprint density at radius 2 is 2.18 bits per heavy atom. The van der Waals surface area contributed by atoms with Crippen molar-refractivity contribution in [2.75, 3.05) is 11.3 Å². The van der Waals surface area contributed by atoms with Crippen LogP contribution in [-0.2, 0) is 23.7 Å². The van der Waals surface area contributed by atoms with Crippen molar-refractivity contribution in [3.63, 3.8) is 0 Å². The number of aliphatic hydroxyl groups excluding tert-OH is 1. The minimum Gasteiger partial charge on any atom is -0.494 e. The van der Waals surface area contributed by atoms with E-state index in [-0.39, 0.29) is 22.5 Å². The number of hydrogen-bond acceptors (Lipinski definition) is 5. The molecule has 0 atom stereocenters. The van der Waals surface area contributed by atoms with E-state index in [1.807, 2.05) is 6.92 Å². The van der Waals surface area contributed by atoms with Gasteiger partial charge in [0.2, 0.25) is 5.03 Å². The van der Waals surface area contributed by atoms with Crippen LogP contribution in [0.5, 0.6) is 5.75 Å². The molecule has 0 saturated carbocycles. The molecule has 2 N–H and O–H groups in total. The number of nitrogens with one attached hydrogen (secondary N) is 1. The molecule has 0 amide bonds. The zero-order valence-corrected chi connectivity index (χ0v) is 13.6. The Hall–Kier alpha value is -1.77. The van der Waals surface area contributed by atoms with Crippen molar-refractivity contribution in [2.24, 2.45) is 7.05 Å². The van der Waals surface area contributed by atoms with Gasteiger partial charge in [-0.15, -0.1) is 0 Å². The van der Waals surface area contributed by atoms with Crippen molar-refractivity contribution < 1.29 is 18.3 Å². The van der Waals surface area contributed by atoms with Gasteiger partial charge in [-0.2, -0.15) is 8.42 Å². The average Bonchev–Trinajstić information content (AvgIpc) is 2.81. The van der Waals surface area contributed by atoms with Gasteiger partial charge in [0, 0.05) is 18.3 Å². The number of aryl methyl sites for hydroxylation is 1. The Labute approximate surface area is 133 Å². The summed E-state index contributed by atoms with van der Waals surface area (Å²) in [6.07, 6.45) is 1.31. The number of sulfonamides is 1. The van der Waals surface area contributed by atoms with Crippen molar-refractivity contribution in [3.8, 4) is 5.75 Å². The van der Waals surface area contributed by atoms with Gasteiger partial charge in [-0.05, 0) is 25.1 Å². The molecular formula is C13H16ClN3O4S. The third-order valence-electron chi connectivity index (χ3n) is 2.87. The minimum atomic E-state index is -3.91. The second-order valence-corrected chi connectivity index (χ2v) is 6.43. The maximum Gasteiger partial charge on any atom is 0.282 e. The largest absolute Gasteiger partial charge is 0.494 e. The number of hydrogen-bond donors (Lipinski definition) is 2. The lowest BCUT2D eigenvalue weighted by Crippen LogP contribution is -2.14. The van der Waals surface area contributed by atoms with E-state index in [2.05, 4.69) is 9.71 Å². The predicted molar refractivity (Wildman–Crippen MR) is 82.6 cm³/mol. The first-order valence-electron chi connectivity index (χ1n) is 6.45. The molecule has 0 unspecified atom stereocenters. The number of aromatic nitrogens is 2. The molecular weight excluding hydrogens is 330 g/mol. The summed E-state index contributed by atoms with van der Waals surface area (Å²) in [6, 6.07) is 4.63. The first-order chi connectivity index (χ1) is 10.4. The van der Waals surface area contributed by atoms with Gasteiger partial charge in [0.05, 0.1) is 19.5 Å². The van der Waals surface area contributed by atoms with Crippen LogP contribution in [0.25, 0.3) is 0 Å². The van der Waals surface area contributed by atoms with Gasteiger partial charge in [0.25, 0.3) is 10.0 Å². The van der Waals surface area contributed by atoms with Crippen molar-refractivity contribution >= 4 is 27.3 Å². The highest BCUT2D eigenvalue weighted by atomic mass is 35.5. The molecule has 0 saturated heterocycles. The van der Waals surface area contributed by atoms with Crippen LogP contribution in [0.1, 0.15) is 12.5 Å². The van der Waals surface area contributed by atoms with Gasteiger partial charge in [-0.25, -0.2) is 4.98 Å². The quantitative estimate of drug-likeness (QED) is 0.832. The number of benzene rings is 1. The van der Waals surface area contributed by atoms with Gasteiger partial charge < -0.3 is 14.4 Å². The monoisotopic (exact) mass is 345 g/mol. The molecule has 0 spiro atoms. The summed E-state index contributed by atoms with van der Waals surface area (Å²) in [7, 11) is -2.32. The fourth-order valence-corrected chi connectivity index (χ4v) is 3.32. The molecule has 1 heterocycles. The molecule has 1 aromatic carbocycles. The molecule has 0 radical (unpaired) electrons. The van der Waals surface area contributed by atoms with Crippen LogP contribution >= 0.6 is 11.6 Å². The summed E-state index contributed by atoms with van der Waals surface area (Å²) >= 11 is 5.91. The Morgan fingerprint density at radius 1 is 1.45 bits per heavy atom. The lowest BCUT2D eigenvalue weighted by Gasteiger charge is -2.12. The van der Waals surface area contributed by atoms with Crippen molar-refractivity contribution in [1.82, 2.24) is 9.55 Å². The van der Waals surface area contributed by atoms with Crippen molar-refractivity contribution in [1.29, 1.82) is 0 Å². The third kappa shape index (κ3) is 3.34. The van der Waals surface area contributed by atoms with E-state index < -0.39 is 10.0 Å². The number of ether oxygens (including phenoxy) is 1. The van der Waals surface area contributed by atoms with Crippen LogP contribution < -0.4 is 9.46 Å². The molecule has 120 valence electrons. The van der Waals surface area contributed by atoms with Crippen molar-refractivity contribution in [3.05, 3.63) is 35.2 Å². The number of aliphatic hydroxyl groups is 1. The van der Waals surface area contributed by atoms with Crippen LogP contribution in [0.2, 0.25) is 5.15 Å². The first-order valence-corrected chi connectivity index (χ1v) is 8.31. The smallest absolute Gasteiger partial charge is 0.282 e. The summed E-state index contributed by atoms with van der Waals surface area (Å²) in [5.74, 6) is 0.504. The van der Waals surface area contributed by atoms with Gasteiger partial charge in [-0.1, -0.05) is 11.6 Å². The fourth-order valence-electron chi connectivity index (χ4n) is 1.84. The zero-order valence-electron chi connectivity index (χ0n) is 12.1. The molecule has 0 fully saturated rings. The third-order valence-corrected chi connectivity index (χ3v) is 4.74. The Morgan fingerprint density at radius 3 is 2.73 bits per heavy atom. The molecule has 1 aromatic heterocycles. The van der Waals surface area contributed by atoms with E-state index in [0.29, 0.717) is 17.9 Å². The van der Waals surface area contributed by atoms with Gasteiger partial charge in [-0.3, -0.25) is 4.72 Å². The predicted octanol–water partition coefficient (Wildman–Crippen LogP) is 1.77. The lowest BCUT2D eigenvalue weighted by molar-refractivity contribution is 0.267. The summed E-state index contributed by atoms with van der Waals surface area (Å²) in [5.41, 5.74) is 0.767. The highest BCUT2D eigenvalue weighted by Gasteiger charge is 2.22. The highest BCUT2D eigenvalue weighted by Crippen LogP contribution is 2.26. The number of anilines is 1. The maximum atomic E-state index is 12.3. The molecule has 2 aromatic rings. The van der Waals surface area contributed by atoms with Crippen LogP contribution in [0.3, 0.4) is 0 Å². The van der Waals surface area contributed by atoms with E-state index in [4.69, 9.17) is 16.3 Å². The Bertz CT molecular complexity index is 774. The summed E-state index contributed by atoms with van der Waals surface area (Å²) in [6.45, 7) is 2.00. The topological polar surface area (TPSA) is 93.5 Å². The summed E-state index contributed by atoms with van der Waals surface area (Å²) in [4.78, 5) is 3.78. The zero-order chi connectivity index (χ0) is 16.3. The van der Waals surface area contributed by atoms with E-state index in [1.54, 1.807) is 19.2 Å². The number of halogens is 1. The maximum absolute atomic E-state index is 12.3. The fraction of sp³-hybridized carbons (Fsp3) is 0.308. The number of rotatable bonds is 6. The average molecular weight is 346 g/mol. The minimum absolute atomic E-state index is 0.0146. The van der Waals surface area contributed by atoms with Gasteiger partial charge in [0.1, 0.15) is 10.9 Å². The van der Waals surface area contributed by atoms with E-state index in [0.717, 1.165) is 0 Å². The van der Waals surface area contributed by atoms with E-state index in [1.165, 1.54) is 17.0 Å². The standard InChI is InChI=1S/C13H16ClN3O4S/c1-3-21-11-5-4-10(6-9(11)7-18)16-22(19,20)13-12(14)17(2)8-15-13/h4-6,8,16,18H,3,7H2,1-2H3. The number of imidazole rings is 1. The Balaban J connectivity index is 2.32. The molecule has 7 nitrogen and oxygen atoms in total. The Kier molecular flexibility index (Phi) is 4.94. The van der Waals surface area contributed by atoms with Gasteiger partial charge >= 0.3 is 0 Å². The van der Waals surface area contributed by atoms with E-state index >= 15 is 0 Å². The second-order valence-electron chi connectivity index (χ2n) is 4.47. The lowest BCUT2D eigenvalue weighted by atomic mass is 10.2. The van der Waals surface area contributed by atoms with Crippen LogP contribution in [0.4, 0.5) is 5.69 Å². The normalized spacial score (nSPS) is 11.5. The molecule has 9 heteroatoms. The molecule has 0 aliphatic rings. The van der Waals surface area contributed by atoms with Crippen molar-refractivity contribution in [2.45, 2.75) is 18.6 Å².